The first kappa shape index (κ1) is 12.4. The largest absolute Gasteiger partial charge is 0.320 e. The van der Waals surface area contributed by atoms with Crippen LogP contribution in [0, 0.1) is 12.7 Å². The predicted molar refractivity (Wildman–Crippen MR) is 75.6 cm³/mol. The molecular weight excluding hydrogens is 237 g/mol. The van der Waals surface area contributed by atoms with Crippen LogP contribution >= 0.6 is 0 Å². The van der Waals surface area contributed by atoms with Gasteiger partial charge in [0.1, 0.15) is 5.82 Å². The zero-order chi connectivity index (χ0) is 13.4. The summed E-state index contributed by atoms with van der Waals surface area (Å²) in [5.74, 6) is -0.224. The number of hydrogen-bond donors (Lipinski definition) is 1. The first-order valence-electron chi connectivity index (χ1n) is 6.78. The zero-order valence-corrected chi connectivity index (χ0v) is 11.1. The highest BCUT2D eigenvalue weighted by molar-refractivity contribution is 5.40. The standard InChI is InChI=1S/C17H18FN/c1-11-5-8-16(18)15(9-11)17(19)14-7-6-12-3-2-4-13(12)10-14/h5-10,17H,2-4,19H2,1H3. The molecule has 1 atom stereocenters. The number of fused-ring (bicyclic) bond motifs is 1. The predicted octanol–water partition coefficient (Wildman–Crippen LogP) is 3.67. The number of rotatable bonds is 2. The van der Waals surface area contributed by atoms with Crippen molar-refractivity contribution in [3.05, 3.63) is 70.0 Å². The van der Waals surface area contributed by atoms with E-state index in [4.69, 9.17) is 5.73 Å². The summed E-state index contributed by atoms with van der Waals surface area (Å²) in [5.41, 5.74) is 11.7. The van der Waals surface area contributed by atoms with Gasteiger partial charge in [0.2, 0.25) is 0 Å². The maximum absolute atomic E-state index is 13.9. The van der Waals surface area contributed by atoms with Gasteiger partial charge in [-0.15, -0.1) is 0 Å². The van der Waals surface area contributed by atoms with Crippen LogP contribution in [0.5, 0.6) is 0 Å². The van der Waals surface area contributed by atoms with Crippen LogP contribution in [0.25, 0.3) is 0 Å². The number of nitrogens with two attached hydrogens (primary N) is 1. The van der Waals surface area contributed by atoms with E-state index in [2.05, 4.69) is 12.1 Å². The van der Waals surface area contributed by atoms with Gasteiger partial charge in [0.05, 0.1) is 6.04 Å². The Labute approximate surface area is 113 Å². The van der Waals surface area contributed by atoms with Crippen LogP contribution in [0.15, 0.2) is 36.4 Å². The topological polar surface area (TPSA) is 26.0 Å². The Morgan fingerprint density at radius 3 is 2.68 bits per heavy atom. The number of halogens is 1. The van der Waals surface area contributed by atoms with E-state index in [1.54, 1.807) is 6.07 Å². The Bertz CT molecular complexity index is 619. The Balaban J connectivity index is 1.99. The molecule has 19 heavy (non-hydrogen) atoms. The molecular formula is C17H18FN. The third kappa shape index (κ3) is 2.28. The lowest BCUT2D eigenvalue weighted by Crippen LogP contribution is -2.14. The minimum atomic E-state index is -0.384. The lowest BCUT2D eigenvalue weighted by Gasteiger charge is -2.15. The van der Waals surface area contributed by atoms with Gasteiger partial charge in [0, 0.05) is 5.56 Å². The summed E-state index contributed by atoms with van der Waals surface area (Å²) in [5, 5.41) is 0. The van der Waals surface area contributed by atoms with Gasteiger partial charge in [0.25, 0.3) is 0 Å². The molecule has 1 aliphatic carbocycles. The average molecular weight is 255 g/mol. The number of benzene rings is 2. The maximum atomic E-state index is 13.9. The summed E-state index contributed by atoms with van der Waals surface area (Å²) in [6.45, 7) is 1.96. The third-order valence-electron chi connectivity index (χ3n) is 3.97. The molecule has 0 radical (unpaired) electrons. The van der Waals surface area contributed by atoms with Gasteiger partial charge in [0.15, 0.2) is 0 Å². The molecule has 0 bridgehead atoms. The number of aryl methyl sites for hydroxylation is 3. The van der Waals surface area contributed by atoms with E-state index in [0.29, 0.717) is 5.56 Å². The fourth-order valence-corrected chi connectivity index (χ4v) is 2.87. The normalized spacial score (nSPS) is 15.3. The first-order valence-corrected chi connectivity index (χ1v) is 6.78. The van der Waals surface area contributed by atoms with Gasteiger partial charge in [-0.05, 0) is 48.9 Å². The Hall–Kier alpha value is -1.67. The van der Waals surface area contributed by atoms with E-state index in [1.807, 2.05) is 19.1 Å². The highest BCUT2D eigenvalue weighted by atomic mass is 19.1. The molecule has 0 fully saturated rings. The van der Waals surface area contributed by atoms with E-state index in [-0.39, 0.29) is 11.9 Å². The van der Waals surface area contributed by atoms with Crippen molar-refractivity contribution < 1.29 is 4.39 Å². The molecule has 0 aliphatic heterocycles. The molecule has 0 amide bonds. The minimum Gasteiger partial charge on any atom is -0.320 e. The van der Waals surface area contributed by atoms with E-state index in [1.165, 1.54) is 23.6 Å². The van der Waals surface area contributed by atoms with Crippen LogP contribution in [-0.4, -0.2) is 0 Å². The van der Waals surface area contributed by atoms with Gasteiger partial charge < -0.3 is 5.73 Å². The molecule has 0 heterocycles. The van der Waals surface area contributed by atoms with E-state index < -0.39 is 0 Å². The summed E-state index contributed by atoms with van der Waals surface area (Å²) in [4.78, 5) is 0. The lowest BCUT2D eigenvalue weighted by atomic mass is 9.95. The van der Waals surface area contributed by atoms with Crippen LogP contribution in [0.1, 0.15) is 40.3 Å². The fourth-order valence-electron chi connectivity index (χ4n) is 2.87. The summed E-state index contributed by atoms with van der Waals surface area (Å²) in [6, 6.07) is 11.1. The summed E-state index contributed by atoms with van der Waals surface area (Å²) in [7, 11) is 0. The van der Waals surface area contributed by atoms with E-state index >= 15 is 0 Å². The fraction of sp³-hybridized carbons (Fsp3) is 0.294. The number of hydrogen-bond acceptors (Lipinski definition) is 1. The van der Waals surface area contributed by atoms with Crippen molar-refractivity contribution >= 4 is 0 Å². The molecule has 1 unspecified atom stereocenters. The van der Waals surface area contributed by atoms with Crippen molar-refractivity contribution in [1.29, 1.82) is 0 Å². The smallest absolute Gasteiger partial charge is 0.128 e. The third-order valence-corrected chi connectivity index (χ3v) is 3.97. The van der Waals surface area contributed by atoms with E-state index in [0.717, 1.165) is 24.0 Å². The van der Waals surface area contributed by atoms with Gasteiger partial charge in [-0.1, -0.05) is 35.9 Å². The monoisotopic (exact) mass is 255 g/mol. The molecule has 2 N–H and O–H groups in total. The molecule has 0 saturated carbocycles. The van der Waals surface area contributed by atoms with Crippen molar-refractivity contribution in [2.75, 3.05) is 0 Å². The Morgan fingerprint density at radius 1 is 1.05 bits per heavy atom. The molecule has 0 saturated heterocycles. The lowest BCUT2D eigenvalue weighted by molar-refractivity contribution is 0.599. The molecule has 2 aromatic rings. The van der Waals surface area contributed by atoms with Crippen molar-refractivity contribution in [3.63, 3.8) is 0 Å². The highest BCUT2D eigenvalue weighted by Crippen LogP contribution is 2.28. The molecule has 0 spiro atoms. The molecule has 2 heteroatoms. The minimum absolute atomic E-state index is 0.224. The Morgan fingerprint density at radius 2 is 1.84 bits per heavy atom. The van der Waals surface area contributed by atoms with E-state index in [9.17, 15) is 4.39 Å². The van der Waals surface area contributed by atoms with Gasteiger partial charge in [-0.25, -0.2) is 4.39 Å². The zero-order valence-electron chi connectivity index (χ0n) is 11.1. The second-order valence-corrected chi connectivity index (χ2v) is 5.38. The van der Waals surface area contributed by atoms with Crippen LogP contribution in [0.3, 0.4) is 0 Å². The highest BCUT2D eigenvalue weighted by Gasteiger charge is 2.17. The summed E-state index contributed by atoms with van der Waals surface area (Å²) in [6.07, 6.45) is 3.49. The summed E-state index contributed by atoms with van der Waals surface area (Å²) < 4.78 is 13.9. The SMILES string of the molecule is Cc1ccc(F)c(C(N)c2ccc3c(c2)CCC3)c1. The van der Waals surface area contributed by atoms with Crippen LogP contribution < -0.4 is 5.73 Å². The quantitative estimate of drug-likeness (QED) is 0.870. The van der Waals surface area contributed by atoms with Crippen LogP contribution in [0.4, 0.5) is 4.39 Å². The molecule has 3 rings (SSSR count). The van der Waals surface area contributed by atoms with Crippen LogP contribution in [0.2, 0.25) is 0 Å². The molecule has 98 valence electrons. The van der Waals surface area contributed by atoms with Crippen molar-refractivity contribution in [2.24, 2.45) is 5.73 Å². The summed E-state index contributed by atoms with van der Waals surface area (Å²) >= 11 is 0. The Kier molecular flexibility index (Phi) is 3.11. The second-order valence-electron chi connectivity index (χ2n) is 5.38. The van der Waals surface area contributed by atoms with Crippen LogP contribution in [-0.2, 0) is 12.8 Å². The van der Waals surface area contributed by atoms with Crippen molar-refractivity contribution in [3.8, 4) is 0 Å². The maximum Gasteiger partial charge on any atom is 0.128 e. The molecule has 1 nitrogen and oxygen atoms in total. The molecule has 1 aliphatic rings. The van der Waals surface area contributed by atoms with Gasteiger partial charge >= 0.3 is 0 Å². The second kappa shape index (κ2) is 4.78. The first-order chi connectivity index (χ1) is 9.15. The molecule has 0 aromatic heterocycles. The molecule has 2 aromatic carbocycles. The van der Waals surface area contributed by atoms with Gasteiger partial charge in [-0.2, -0.15) is 0 Å². The average Bonchev–Trinajstić information content (AvgIpc) is 2.88. The van der Waals surface area contributed by atoms with Crippen molar-refractivity contribution in [1.82, 2.24) is 0 Å². The van der Waals surface area contributed by atoms with Gasteiger partial charge in [-0.3, -0.25) is 0 Å². The van der Waals surface area contributed by atoms with Crippen molar-refractivity contribution in [2.45, 2.75) is 32.2 Å².